The molecule has 3 aromatic rings. The predicted octanol–water partition coefficient (Wildman–Crippen LogP) is 4.02. The van der Waals surface area contributed by atoms with Crippen LogP contribution in [0.2, 0.25) is 0 Å². The second kappa shape index (κ2) is 5.90. The molecule has 0 aromatic heterocycles. The van der Waals surface area contributed by atoms with E-state index in [1.807, 2.05) is 54.6 Å². The van der Waals surface area contributed by atoms with Gasteiger partial charge in [0.05, 0.1) is 28.2 Å². The Balaban J connectivity index is 1.88. The molecule has 0 heterocycles. The molecule has 3 rings (SSSR count). The van der Waals surface area contributed by atoms with Crippen molar-refractivity contribution in [3.8, 4) is 6.07 Å². The lowest BCUT2D eigenvalue weighted by molar-refractivity contribution is 0.682. The number of hydrogen-bond acceptors (Lipinski definition) is 2. The highest BCUT2D eigenvalue weighted by atomic mass is 32.2. The summed E-state index contributed by atoms with van der Waals surface area (Å²) < 4.78 is 12.5. The third kappa shape index (κ3) is 3.01. The molecule has 21 heavy (non-hydrogen) atoms. The van der Waals surface area contributed by atoms with Gasteiger partial charge in [0.15, 0.2) is 0 Å². The molecule has 3 heteroatoms. The van der Waals surface area contributed by atoms with Crippen LogP contribution < -0.4 is 0 Å². The lowest BCUT2D eigenvalue weighted by Crippen LogP contribution is -1.97. The van der Waals surface area contributed by atoms with Crippen LogP contribution in [0.5, 0.6) is 0 Å². The Morgan fingerprint density at radius 1 is 0.905 bits per heavy atom. The van der Waals surface area contributed by atoms with Crippen LogP contribution >= 0.6 is 0 Å². The second-order valence-electron chi connectivity index (χ2n) is 4.81. The van der Waals surface area contributed by atoms with E-state index in [-0.39, 0.29) is 0 Å². The summed E-state index contributed by atoms with van der Waals surface area (Å²) in [5.41, 5.74) is 1.52. The Labute approximate surface area is 126 Å². The Bertz CT molecular complexity index is 864. The monoisotopic (exact) mass is 291 g/mol. The summed E-state index contributed by atoms with van der Waals surface area (Å²) in [7, 11) is -1.11. The van der Waals surface area contributed by atoms with E-state index in [0.29, 0.717) is 11.3 Å². The van der Waals surface area contributed by atoms with Gasteiger partial charge in [0, 0.05) is 4.90 Å². The molecule has 0 bridgehead atoms. The number of benzene rings is 3. The summed E-state index contributed by atoms with van der Waals surface area (Å²) in [6.45, 7) is 0. The van der Waals surface area contributed by atoms with Crippen molar-refractivity contribution in [1.82, 2.24) is 0 Å². The van der Waals surface area contributed by atoms with Gasteiger partial charge >= 0.3 is 0 Å². The summed E-state index contributed by atoms with van der Waals surface area (Å²) in [5, 5.41) is 11.1. The molecule has 0 aliphatic heterocycles. The van der Waals surface area contributed by atoms with Crippen molar-refractivity contribution in [2.45, 2.75) is 10.6 Å². The zero-order valence-corrected chi connectivity index (χ0v) is 12.1. The summed E-state index contributed by atoms with van der Waals surface area (Å²) in [5.74, 6) is 0.424. The number of nitriles is 1. The maximum atomic E-state index is 12.5. The summed E-state index contributed by atoms with van der Waals surface area (Å²) in [6.07, 6.45) is 0. The van der Waals surface area contributed by atoms with E-state index < -0.39 is 10.8 Å². The quantitative estimate of drug-likeness (QED) is 0.731. The minimum Gasteiger partial charge on any atom is -0.254 e. The highest BCUT2D eigenvalue weighted by Crippen LogP contribution is 2.20. The second-order valence-corrected chi connectivity index (χ2v) is 6.26. The Hall–Kier alpha value is -2.44. The lowest BCUT2D eigenvalue weighted by Gasteiger charge is -2.05. The largest absolute Gasteiger partial charge is 0.254 e. The van der Waals surface area contributed by atoms with E-state index in [9.17, 15) is 4.21 Å². The maximum absolute atomic E-state index is 12.5. The first-order chi connectivity index (χ1) is 10.3. The third-order valence-electron chi connectivity index (χ3n) is 3.34. The Morgan fingerprint density at radius 2 is 1.71 bits per heavy atom. The molecule has 1 unspecified atom stereocenters. The van der Waals surface area contributed by atoms with Crippen LogP contribution in [-0.4, -0.2) is 4.21 Å². The fourth-order valence-corrected chi connectivity index (χ4v) is 3.40. The van der Waals surface area contributed by atoms with Gasteiger partial charge < -0.3 is 0 Å². The van der Waals surface area contributed by atoms with Crippen LogP contribution in [0.25, 0.3) is 10.8 Å². The molecule has 3 aromatic carbocycles. The normalized spacial score (nSPS) is 12.0. The number of fused-ring (bicyclic) bond motifs is 1. The number of rotatable bonds is 3. The topological polar surface area (TPSA) is 40.9 Å². The smallest absolute Gasteiger partial charge is 0.0991 e. The van der Waals surface area contributed by atoms with Gasteiger partial charge in [-0.1, -0.05) is 42.5 Å². The molecular weight excluding hydrogens is 278 g/mol. The van der Waals surface area contributed by atoms with Gasteiger partial charge in [-0.3, -0.25) is 4.21 Å². The standard InChI is InChI=1S/C18H13NOS/c19-12-14-4-3-5-15(10-14)13-21(20)18-9-8-16-6-1-2-7-17(16)11-18/h1-11H,13H2. The average Bonchev–Trinajstić information content (AvgIpc) is 2.54. The third-order valence-corrected chi connectivity index (χ3v) is 4.71. The van der Waals surface area contributed by atoms with Gasteiger partial charge in [0.2, 0.25) is 0 Å². The van der Waals surface area contributed by atoms with Crippen molar-refractivity contribution in [3.05, 3.63) is 77.9 Å². The molecule has 0 amide bonds. The van der Waals surface area contributed by atoms with Crippen molar-refractivity contribution in [2.24, 2.45) is 0 Å². The molecule has 102 valence electrons. The van der Waals surface area contributed by atoms with Crippen LogP contribution in [0.3, 0.4) is 0 Å². The van der Waals surface area contributed by atoms with E-state index in [4.69, 9.17) is 5.26 Å². The molecule has 0 spiro atoms. The zero-order chi connectivity index (χ0) is 14.7. The minimum absolute atomic E-state index is 0.424. The van der Waals surface area contributed by atoms with Crippen LogP contribution in [-0.2, 0) is 16.6 Å². The fraction of sp³-hybridized carbons (Fsp3) is 0.0556. The summed E-state index contributed by atoms with van der Waals surface area (Å²) in [6, 6.07) is 23.3. The van der Waals surface area contributed by atoms with Crippen LogP contribution in [0.1, 0.15) is 11.1 Å². The van der Waals surface area contributed by atoms with Crippen LogP contribution in [0.4, 0.5) is 0 Å². The highest BCUT2D eigenvalue weighted by molar-refractivity contribution is 7.84. The van der Waals surface area contributed by atoms with Gasteiger partial charge in [-0.05, 0) is 40.6 Å². The van der Waals surface area contributed by atoms with Crippen molar-refractivity contribution in [2.75, 3.05) is 0 Å². The van der Waals surface area contributed by atoms with Gasteiger partial charge in [-0.15, -0.1) is 0 Å². The molecule has 2 nitrogen and oxygen atoms in total. The van der Waals surface area contributed by atoms with E-state index in [1.165, 1.54) is 0 Å². The Kier molecular flexibility index (Phi) is 3.81. The SMILES string of the molecule is N#Cc1cccc(CS(=O)c2ccc3ccccc3c2)c1. The molecule has 0 aliphatic rings. The van der Waals surface area contributed by atoms with E-state index in [2.05, 4.69) is 6.07 Å². The average molecular weight is 291 g/mol. The fourth-order valence-electron chi connectivity index (χ4n) is 2.27. The summed E-state index contributed by atoms with van der Waals surface area (Å²) in [4.78, 5) is 0.816. The highest BCUT2D eigenvalue weighted by Gasteiger charge is 2.06. The van der Waals surface area contributed by atoms with Gasteiger partial charge in [0.25, 0.3) is 0 Å². The predicted molar refractivity (Wildman–Crippen MR) is 85.2 cm³/mol. The Morgan fingerprint density at radius 3 is 2.52 bits per heavy atom. The zero-order valence-electron chi connectivity index (χ0n) is 11.3. The molecule has 0 saturated heterocycles. The van der Waals surface area contributed by atoms with Crippen molar-refractivity contribution < 1.29 is 4.21 Å². The first kappa shape index (κ1) is 13.5. The molecule has 1 atom stereocenters. The molecule has 0 N–H and O–H groups in total. The molecule has 0 aliphatic carbocycles. The van der Waals surface area contributed by atoms with Crippen molar-refractivity contribution in [1.29, 1.82) is 5.26 Å². The molecular formula is C18H13NOS. The molecule has 0 radical (unpaired) electrons. The summed E-state index contributed by atoms with van der Waals surface area (Å²) >= 11 is 0. The number of nitrogens with zero attached hydrogens (tertiary/aromatic N) is 1. The van der Waals surface area contributed by atoms with Crippen LogP contribution in [0.15, 0.2) is 71.6 Å². The lowest BCUT2D eigenvalue weighted by atomic mass is 10.1. The minimum atomic E-state index is -1.11. The van der Waals surface area contributed by atoms with E-state index >= 15 is 0 Å². The number of hydrogen-bond donors (Lipinski definition) is 0. The first-order valence-corrected chi connectivity index (χ1v) is 7.94. The van der Waals surface area contributed by atoms with E-state index in [1.54, 1.807) is 12.1 Å². The van der Waals surface area contributed by atoms with Crippen LogP contribution in [0, 0.1) is 11.3 Å². The maximum Gasteiger partial charge on any atom is 0.0991 e. The van der Waals surface area contributed by atoms with E-state index in [0.717, 1.165) is 21.2 Å². The molecule has 0 fully saturated rings. The van der Waals surface area contributed by atoms with Crippen molar-refractivity contribution in [3.63, 3.8) is 0 Å². The van der Waals surface area contributed by atoms with Gasteiger partial charge in [-0.25, -0.2) is 0 Å². The van der Waals surface area contributed by atoms with Gasteiger partial charge in [0.1, 0.15) is 0 Å². The van der Waals surface area contributed by atoms with Crippen molar-refractivity contribution >= 4 is 21.6 Å². The molecule has 0 saturated carbocycles. The van der Waals surface area contributed by atoms with Gasteiger partial charge in [-0.2, -0.15) is 5.26 Å². The first-order valence-electron chi connectivity index (χ1n) is 6.62.